The van der Waals surface area contributed by atoms with E-state index in [1.165, 1.54) is 24.3 Å². The molecule has 0 unspecified atom stereocenters. The molecule has 7 nitrogen and oxygen atoms in total. The first-order chi connectivity index (χ1) is 15.1. The van der Waals surface area contributed by atoms with E-state index >= 15 is 0 Å². The van der Waals surface area contributed by atoms with Gasteiger partial charge in [-0.1, -0.05) is 13.8 Å². The number of nitrogens with zero attached hydrogens (tertiary/aromatic N) is 2. The lowest BCUT2D eigenvalue weighted by molar-refractivity contribution is -0.137. The van der Waals surface area contributed by atoms with E-state index in [1.807, 2.05) is 32.0 Å². The molecule has 170 valence electrons. The lowest BCUT2D eigenvalue weighted by atomic mass is 10.1. The summed E-state index contributed by atoms with van der Waals surface area (Å²) >= 11 is 1.30. The Morgan fingerprint density at radius 1 is 1.28 bits per heavy atom. The molecule has 2 aromatic rings. The molecular weight excluding hydrogens is 426 g/mol. The molecular formula is C24H29N3O4S. The molecule has 0 aliphatic heterocycles. The van der Waals surface area contributed by atoms with Crippen LogP contribution < -0.4 is 5.32 Å². The summed E-state index contributed by atoms with van der Waals surface area (Å²) < 4.78 is 7.26. The smallest absolute Gasteiger partial charge is 0.349 e. The van der Waals surface area contributed by atoms with Gasteiger partial charge in [-0.2, -0.15) is 5.26 Å². The summed E-state index contributed by atoms with van der Waals surface area (Å²) in [5.74, 6) is -0.794. The van der Waals surface area contributed by atoms with Gasteiger partial charge < -0.3 is 14.6 Å². The molecule has 2 heterocycles. The fourth-order valence-corrected chi connectivity index (χ4v) is 4.15. The number of aryl methyl sites for hydroxylation is 1. The zero-order valence-corrected chi connectivity index (χ0v) is 20.0. The predicted octanol–water partition coefficient (Wildman–Crippen LogP) is 3.83. The van der Waals surface area contributed by atoms with Crippen molar-refractivity contribution in [1.29, 1.82) is 5.26 Å². The van der Waals surface area contributed by atoms with Crippen LogP contribution in [0.4, 0.5) is 0 Å². The first-order valence-electron chi connectivity index (χ1n) is 10.4. The van der Waals surface area contributed by atoms with Crippen LogP contribution in [0.3, 0.4) is 0 Å². The summed E-state index contributed by atoms with van der Waals surface area (Å²) in [6.45, 7) is 10.5. The summed E-state index contributed by atoms with van der Waals surface area (Å²) in [5.41, 5.74) is 2.66. The molecule has 32 heavy (non-hydrogen) atoms. The van der Waals surface area contributed by atoms with E-state index in [1.54, 1.807) is 6.07 Å². The van der Waals surface area contributed by atoms with Gasteiger partial charge in [0, 0.05) is 36.3 Å². The Bertz CT molecular complexity index is 1070. The maximum atomic E-state index is 12.4. The van der Waals surface area contributed by atoms with Crippen molar-refractivity contribution in [2.75, 3.05) is 13.2 Å². The SMILES string of the molecule is CC(=O)NCCc1ccc(C(=O)COC(=O)/C(C#N)=C/c2cc(C)n(CC(C)C)c2C)s1. The number of nitrogens with one attached hydrogen (secondary N) is 1. The Hall–Kier alpha value is -3.18. The van der Waals surface area contributed by atoms with Crippen LogP contribution in [-0.2, 0) is 27.3 Å². The number of hydrogen-bond acceptors (Lipinski definition) is 6. The second kappa shape index (κ2) is 11.4. The molecule has 0 aliphatic rings. The van der Waals surface area contributed by atoms with Gasteiger partial charge in [-0.25, -0.2) is 4.79 Å². The molecule has 0 spiro atoms. The first-order valence-corrected chi connectivity index (χ1v) is 11.3. The minimum atomic E-state index is -0.822. The van der Waals surface area contributed by atoms with Gasteiger partial charge in [0.1, 0.15) is 11.6 Å². The number of nitriles is 1. The lowest BCUT2D eigenvalue weighted by Crippen LogP contribution is -2.22. The lowest BCUT2D eigenvalue weighted by Gasteiger charge is -2.12. The topological polar surface area (TPSA) is 101 Å². The Labute approximate surface area is 192 Å². The summed E-state index contributed by atoms with van der Waals surface area (Å²) in [6.07, 6.45) is 2.13. The minimum Gasteiger partial charge on any atom is -0.453 e. The number of ether oxygens (including phenoxy) is 1. The number of aromatic nitrogens is 1. The van der Waals surface area contributed by atoms with Crippen molar-refractivity contribution in [1.82, 2.24) is 9.88 Å². The van der Waals surface area contributed by atoms with Crippen LogP contribution in [0.2, 0.25) is 0 Å². The predicted molar refractivity (Wildman–Crippen MR) is 124 cm³/mol. The normalized spacial score (nSPS) is 11.3. The molecule has 1 amide bonds. The molecule has 0 aromatic carbocycles. The van der Waals surface area contributed by atoms with E-state index < -0.39 is 12.6 Å². The number of carbonyl (C=O) groups excluding carboxylic acids is 3. The second-order valence-corrected chi connectivity index (χ2v) is 9.17. The molecule has 2 aromatic heterocycles. The molecule has 0 fully saturated rings. The molecule has 0 bridgehead atoms. The van der Waals surface area contributed by atoms with Gasteiger partial charge >= 0.3 is 5.97 Å². The molecule has 0 saturated carbocycles. The third-order valence-electron chi connectivity index (χ3n) is 4.82. The van der Waals surface area contributed by atoms with Crippen molar-refractivity contribution in [3.05, 3.63) is 50.5 Å². The van der Waals surface area contributed by atoms with Crippen LogP contribution in [0.1, 0.15) is 52.3 Å². The summed E-state index contributed by atoms with van der Waals surface area (Å²) in [4.78, 5) is 37.1. The number of esters is 1. The first kappa shape index (κ1) is 25.1. The van der Waals surface area contributed by atoms with Crippen LogP contribution in [0.15, 0.2) is 23.8 Å². The van der Waals surface area contributed by atoms with Gasteiger partial charge in [0.2, 0.25) is 11.7 Å². The van der Waals surface area contributed by atoms with Crippen LogP contribution in [0, 0.1) is 31.1 Å². The van der Waals surface area contributed by atoms with E-state index in [0.717, 1.165) is 28.4 Å². The number of rotatable bonds is 10. The second-order valence-electron chi connectivity index (χ2n) is 8.00. The minimum absolute atomic E-state index is 0.104. The van der Waals surface area contributed by atoms with Gasteiger partial charge in [-0.05, 0) is 56.0 Å². The Morgan fingerprint density at radius 3 is 2.62 bits per heavy atom. The Kier molecular flexibility index (Phi) is 8.97. The van der Waals surface area contributed by atoms with Gasteiger partial charge in [-0.15, -0.1) is 11.3 Å². The number of hydrogen-bond donors (Lipinski definition) is 1. The molecule has 1 N–H and O–H groups in total. The highest BCUT2D eigenvalue weighted by atomic mass is 32.1. The van der Waals surface area contributed by atoms with Crippen molar-refractivity contribution >= 4 is 35.1 Å². The zero-order valence-electron chi connectivity index (χ0n) is 19.2. The van der Waals surface area contributed by atoms with Crippen molar-refractivity contribution in [3.8, 4) is 6.07 Å². The number of thiophene rings is 1. The van der Waals surface area contributed by atoms with Gasteiger partial charge in [0.25, 0.3) is 0 Å². The average Bonchev–Trinajstić information content (AvgIpc) is 3.29. The monoisotopic (exact) mass is 455 g/mol. The van der Waals surface area contributed by atoms with Gasteiger partial charge in [0.05, 0.1) is 4.88 Å². The van der Waals surface area contributed by atoms with Crippen molar-refractivity contribution < 1.29 is 19.1 Å². The van der Waals surface area contributed by atoms with E-state index in [9.17, 15) is 19.6 Å². The number of ketones is 1. The molecule has 0 aliphatic carbocycles. The van der Waals surface area contributed by atoms with Gasteiger partial charge in [0.15, 0.2) is 6.61 Å². The fourth-order valence-electron chi connectivity index (χ4n) is 3.22. The molecule has 2 rings (SSSR count). The third-order valence-corrected chi connectivity index (χ3v) is 6.00. The van der Waals surface area contributed by atoms with Crippen LogP contribution in [0.25, 0.3) is 6.08 Å². The maximum absolute atomic E-state index is 12.4. The van der Waals surface area contributed by atoms with E-state index in [-0.39, 0.29) is 17.3 Å². The van der Waals surface area contributed by atoms with Crippen LogP contribution in [-0.4, -0.2) is 35.4 Å². The molecule has 0 radical (unpaired) electrons. The average molecular weight is 456 g/mol. The zero-order chi connectivity index (χ0) is 23.8. The van der Waals surface area contributed by atoms with Crippen molar-refractivity contribution in [2.45, 2.75) is 47.6 Å². The Morgan fingerprint density at radius 2 is 2.00 bits per heavy atom. The van der Waals surface area contributed by atoms with Crippen molar-refractivity contribution in [3.63, 3.8) is 0 Å². The van der Waals surface area contributed by atoms with Crippen LogP contribution in [0.5, 0.6) is 0 Å². The van der Waals surface area contributed by atoms with E-state index in [4.69, 9.17) is 4.74 Å². The highest BCUT2D eigenvalue weighted by Gasteiger charge is 2.17. The number of Topliss-reactive ketones (excluding diaryl/α,β-unsaturated/α-hetero) is 1. The highest BCUT2D eigenvalue weighted by Crippen LogP contribution is 2.21. The van der Waals surface area contributed by atoms with Gasteiger partial charge in [-0.3, -0.25) is 9.59 Å². The number of amides is 1. The molecule has 8 heteroatoms. The Balaban J connectivity index is 2.01. The summed E-state index contributed by atoms with van der Waals surface area (Å²) in [5, 5.41) is 12.1. The highest BCUT2D eigenvalue weighted by molar-refractivity contribution is 7.14. The molecule has 0 saturated heterocycles. The quantitative estimate of drug-likeness (QED) is 0.254. The maximum Gasteiger partial charge on any atom is 0.349 e. The fraction of sp³-hybridized carbons (Fsp3) is 0.417. The summed E-state index contributed by atoms with van der Waals surface area (Å²) in [6, 6.07) is 7.30. The summed E-state index contributed by atoms with van der Waals surface area (Å²) in [7, 11) is 0. The number of carbonyl (C=O) groups is 3. The molecule has 0 atom stereocenters. The largest absolute Gasteiger partial charge is 0.453 e. The van der Waals surface area contributed by atoms with Crippen LogP contribution >= 0.6 is 11.3 Å². The standard InChI is InChI=1S/C24H29N3O4S/c1-15(2)13-27-16(3)10-19(17(27)4)11-20(12-25)24(30)31-14-22(29)23-7-6-21(32-23)8-9-26-18(5)28/h6-7,10-11,15H,8-9,13-14H2,1-5H3,(H,26,28)/b20-11+. The van der Waals surface area contributed by atoms with E-state index in [0.29, 0.717) is 23.8 Å². The third kappa shape index (κ3) is 6.92. The van der Waals surface area contributed by atoms with E-state index in [2.05, 4.69) is 23.7 Å². The van der Waals surface area contributed by atoms with Crippen molar-refractivity contribution in [2.24, 2.45) is 5.92 Å².